The number of benzene rings is 1. The fraction of sp³-hybridized carbons (Fsp3) is 0.200. The number of thioether (sulfide) groups is 1. The third-order valence-electron chi connectivity index (χ3n) is 3.06. The third-order valence-corrected chi connectivity index (χ3v) is 4.12. The summed E-state index contributed by atoms with van der Waals surface area (Å²) in [4.78, 5) is 17.6. The Bertz CT molecular complexity index is 749. The number of nitrogens with zero attached hydrogens (tertiary/aromatic N) is 1. The molecule has 0 saturated heterocycles. The molecule has 0 atom stereocenters. The first kappa shape index (κ1) is 13.0. The molecule has 0 spiro atoms. The van der Waals surface area contributed by atoms with Crippen LogP contribution < -0.4 is 5.63 Å². The van der Waals surface area contributed by atoms with Crippen molar-refractivity contribution < 1.29 is 9.52 Å². The molecule has 2 aromatic rings. The van der Waals surface area contributed by atoms with E-state index >= 15 is 0 Å². The van der Waals surface area contributed by atoms with Crippen molar-refractivity contribution in [2.45, 2.75) is 18.2 Å². The van der Waals surface area contributed by atoms with Crippen LogP contribution in [0.3, 0.4) is 0 Å². The number of fused-ring (bicyclic) bond motifs is 1. The second-order valence-electron chi connectivity index (χ2n) is 4.53. The van der Waals surface area contributed by atoms with Gasteiger partial charge in [0.25, 0.3) is 0 Å². The summed E-state index contributed by atoms with van der Waals surface area (Å²) in [5.74, 6) is 1.13. The molecule has 0 fully saturated rings. The quantitative estimate of drug-likeness (QED) is 0.874. The second kappa shape index (κ2) is 5.17. The number of aliphatic imine (C=N–C) groups is 1. The molecular formula is C15H13NO3S. The predicted octanol–water partition coefficient (Wildman–Crippen LogP) is 3.27. The van der Waals surface area contributed by atoms with E-state index in [1.165, 1.54) is 6.07 Å². The lowest BCUT2D eigenvalue weighted by atomic mass is 10.1. The van der Waals surface area contributed by atoms with Crippen molar-refractivity contribution in [2.75, 3.05) is 5.75 Å². The van der Waals surface area contributed by atoms with Gasteiger partial charge in [-0.1, -0.05) is 12.1 Å². The molecule has 1 N–H and O–H groups in total. The number of aromatic hydroxyl groups is 1. The van der Waals surface area contributed by atoms with E-state index in [4.69, 9.17) is 4.42 Å². The maximum absolute atomic E-state index is 12.0. The maximum Gasteiger partial charge on any atom is 0.348 e. The van der Waals surface area contributed by atoms with Gasteiger partial charge in [-0.2, -0.15) is 0 Å². The van der Waals surface area contributed by atoms with Gasteiger partial charge in [0.2, 0.25) is 0 Å². The summed E-state index contributed by atoms with van der Waals surface area (Å²) in [7, 11) is 0. The lowest BCUT2D eigenvalue weighted by Gasteiger charge is -2.05. The van der Waals surface area contributed by atoms with E-state index in [1.807, 2.05) is 24.3 Å². The Hall–Kier alpha value is -2.01. The molecule has 2 heterocycles. The van der Waals surface area contributed by atoms with Crippen LogP contribution in [0.25, 0.3) is 0 Å². The van der Waals surface area contributed by atoms with Gasteiger partial charge in [-0.05, 0) is 19.1 Å². The van der Waals surface area contributed by atoms with Gasteiger partial charge in [-0.15, -0.1) is 11.8 Å². The molecule has 0 bridgehead atoms. The minimum atomic E-state index is -0.536. The molecule has 1 aliphatic heterocycles. The van der Waals surface area contributed by atoms with Crippen LogP contribution in [-0.2, 0) is 0 Å². The molecule has 0 aliphatic carbocycles. The zero-order valence-corrected chi connectivity index (χ0v) is 11.7. The average Bonchev–Trinajstić information content (AvgIpc) is 2.59. The van der Waals surface area contributed by atoms with Crippen LogP contribution in [0.15, 0.2) is 49.4 Å². The number of para-hydroxylation sites is 1. The van der Waals surface area contributed by atoms with Gasteiger partial charge in [-0.3, -0.25) is 4.99 Å². The van der Waals surface area contributed by atoms with Gasteiger partial charge in [0.05, 0.1) is 11.4 Å². The average molecular weight is 287 g/mol. The highest BCUT2D eigenvalue weighted by atomic mass is 32.2. The summed E-state index contributed by atoms with van der Waals surface area (Å²) < 4.78 is 5.07. The van der Waals surface area contributed by atoms with Gasteiger partial charge >= 0.3 is 5.63 Å². The standard InChI is InChI=1S/C15H13NO3S/c1-9-8-12(17)14(15(18)19-9)11-6-7-20-13-5-3-2-4-10(13)16-11/h2-5,8,17H,6-7H2,1H3. The van der Waals surface area contributed by atoms with Crippen LogP contribution in [0.2, 0.25) is 0 Å². The van der Waals surface area contributed by atoms with Crippen molar-refractivity contribution in [3.8, 4) is 5.75 Å². The number of aryl methyl sites for hydroxylation is 1. The van der Waals surface area contributed by atoms with E-state index in [1.54, 1.807) is 18.7 Å². The van der Waals surface area contributed by atoms with Crippen molar-refractivity contribution in [1.82, 2.24) is 0 Å². The zero-order valence-electron chi connectivity index (χ0n) is 10.9. The summed E-state index contributed by atoms with van der Waals surface area (Å²) in [5.41, 5.74) is 1.04. The Morgan fingerprint density at radius 2 is 2.15 bits per heavy atom. The van der Waals surface area contributed by atoms with Crippen molar-refractivity contribution >= 4 is 23.2 Å². The van der Waals surface area contributed by atoms with E-state index in [0.717, 1.165) is 16.3 Å². The fourth-order valence-electron chi connectivity index (χ4n) is 2.17. The van der Waals surface area contributed by atoms with E-state index < -0.39 is 5.63 Å². The van der Waals surface area contributed by atoms with Gasteiger partial charge in [0, 0.05) is 23.1 Å². The summed E-state index contributed by atoms with van der Waals surface area (Å²) in [6, 6.07) is 9.22. The minimum absolute atomic E-state index is 0.0677. The number of hydrogen-bond acceptors (Lipinski definition) is 5. The summed E-state index contributed by atoms with van der Waals surface area (Å²) >= 11 is 1.69. The molecule has 20 heavy (non-hydrogen) atoms. The van der Waals surface area contributed by atoms with E-state index in [-0.39, 0.29) is 11.3 Å². The van der Waals surface area contributed by atoms with Crippen molar-refractivity contribution in [3.05, 3.63) is 52.1 Å². The highest BCUT2D eigenvalue weighted by Gasteiger charge is 2.19. The number of hydrogen-bond donors (Lipinski definition) is 1. The summed E-state index contributed by atoms with van der Waals surface area (Å²) in [6.07, 6.45) is 0.612. The van der Waals surface area contributed by atoms with Gasteiger partial charge in [0.15, 0.2) is 0 Å². The van der Waals surface area contributed by atoms with Crippen molar-refractivity contribution in [3.63, 3.8) is 0 Å². The molecule has 5 heteroatoms. The molecule has 0 saturated carbocycles. The van der Waals surface area contributed by atoms with E-state index in [2.05, 4.69) is 4.99 Å². The summed E-state index contributed by atoms with van der Waals surface area (Å²) in [6.45, 7) is 1.63. The van der Waals surface area contributed by atoms with Crippen molar-refractivity contribution in [2.24, 2.45) is 4.99 Å². The normalized spacial score (nSPS) is 14.3. The first-order chi connectivity index (χ1) is 9.65. The van der Waals surface area contributed by atoms with Gasteiger partial charge in [0.1, 0.15) is 17.1 Å². The highest BCUT2D eigenvalue weighted by Crippen LogP contribution is 2.34. The molecule has 1 aromatic heterocycles. The van der Waals surface area contributed by atoms with Crippen LogP contribution in [-0.4, -0.2) is 16.6 Å². The molecule has 4 nitrogen and oxygen atoms in total. The van der Waals surface area contributed by atoms with Crippen molar-refractivity contribution in [1.29, 1.82) is 0 Å². The minimum Gasteiger partial charge on any atom is -0.507 e. The molecule has 0 radical (unpaired) electrons. The molecule has 0 unspecified atom stereocenters. The Morgan fingerprint density at radius 1 is 1.35 bits per heavy atom. The summed E-state index contributed by atoms with van der Waals surface area (Å²) in [5, 5.41) is 10.0. The van der Waals surface area contributed by atoms with E-state index in [0.29, 0.717) is 17.9 Å². The van der Waals surface area contributed by atoms with Crippen LogP contribution in [0.1, 0.15) is 17.7 Å². The lowest BCUT2D eigenvalue weighted by Crippen LogP contribution is -2.15. The largest absolute Gasteiger partial charge is 0.507 e. The molecular weight excluding hydrogens is 274 g/mol. The van der Waals surface area contributed by atoms with Crippen LogP contribution in [0, 0.1) is 6.92 Å². The van der Waals surface area contributed by atoms with Gasteiger partial charge < -0.3 is 9.52 Å². The predicted molar refractivity (Wildman–Crippen MR) is 79.4 cm³/mol. The lowest BCUT2D eigenvalue weighted by molar-refractivity contribution is 0.432. The first-order valence-electron chi connectivity index (χ1n) is 6.28. The highest BCUT2D eigenvalue weighted by molar-refractivity contribution is 7.99. The topological polar surface area (TPSA) is 62.8 Å². The second-order valence-corrected chi connectivity index (χ2v) is 5.67. The van der Waals surface area contributed by atoms with E-state index in [9.17, 15) is 9.90 Å². The van der Waals surface area contributed by atoms with Crippen LogP contribution in [0.5, 0.6) is 5.75 Å². The van der Waals surface area contributed by atoms with Gasteiger partial charge in [-0.25, -0.2) is 4.79 Å². The monoisotopic (exact) mass is 287 g/mol. The molecule has 102 valence electrons. The molecule has 1 aliphatic rings. The first-order valence-corrected chi connectivity index (χ1v) is 7.27. The Kier molecular flexibility index (Phi) is 3.36. The smallest absolute Gasteiger partial charge is 0.348 e. The third kappa shape index (κ3) is 2.36. The van der Waals surface area contributed by atoms with Crippen LogP contribution >= 0.6 is 11.8 Å². The maximum atomic E-state index is 12.0. The number of rotatable bonds is 1. The Labute approximate surface area is 120 Å². The fourth-order valence-corrected chi connectivity index (χ4v) is 3.12. The van der Waals surface area contributed by atoms with Crippen LogP contribution in [0.4, 0.5) is 5.69 Å². The zero-order chi connectivity index (χ0) is 14.1. The molecule has 0 amide bonds. The Morgan fingerprint density at radius 3 is 2.95 bits per heavy atom. The molecule has 1 aromatic carbocycles. The molecule has 3 rings (SSSR count). The SMILES string of the molecule is Cc1cc(O)c(C2=Nc3ccccc3SCC2)c(=O)o1. The Balaban J connectivity index is 2.16.